The quantitative estimate of drug-likeness (QED) is 0.507. The first kappa shape index (κ1) is 17.9. The molecule has 1 atom stereocenters. The molecule has 0 aliphatic heterocycles. The van der Waals surface area contributed by atoms with Gasteiger partial charge in [0.1, 0.15) is 17.1 Å². The van der Waals surface area contributed by atoms with Crippen molar-refractivity contribution in [3.8, 4) is 11.5 Å². The smallest absolute Gasteiger partial charge is 0.173 e. The fourth-order valence-electron chi connectivity index (χ4n) is 3.59. The molecule has 1 fully saturated rings. The number of ketones is 1. The lowest BCUT2D eigenvalue weighted by atomic mass is 9.75. The van der Waals surface area contributed by atoms with Crippen molar-refractivity contribution in [2.24, 2.45) is 11.8 Å². The first-order valence-electron chi connectivity index (χ1n) is 8.27. The van der Waals surface area contributed by atoms with E-state index in [1.165, 1.54) is 19.3 Å². The van der Waals surface area contributed by atoms with Gasteiger partial charge in [-0.1, -0.05) is 25.3 Å². The molecule has 1 aliphatic carbocycles. The molecule has 1 unspecified atom stereocenters. The van der Waals surface area contributed by atoms with E-state index in [9.17, 15) is 9.36 Å². The van der Waals surface area contributed by atoms with Crippen LogP contribution in [0.4, 0.5) is 0 Å². The highest BCUT2D eigenvalue weighted by atomic mass is 31.1. The van der Waals surface area contributed by atoms with Crippen molar-refractivity contribution < 1.29 is 18.8 Å². The zero-order valence-corrected chi connectivity index (χ0v) is 14.8. The van der Waals surface area contributed by atoms with Gasteiger partial charge in [-0.15, -0.1) is 0 Å². The number of ether oxygens (including phenoxy) is 2. The predicted molar refractivity (Wildman–Crippen MR) is 91.0 cm³/mol. The van der Waals surface area contributed by atoms with E-state index >= 15 is 0 Å². The van der Waals surface area contributed by atoms with Gasteiger partial charge in [0.05, 0.1) is 14.2 Å². The summed E-state index contributed by atoms with van der Waals surface area (Å²) in [7, 11) is 3.24. The van der Waals surface area contributed by atoms with Crippen molar-refractivity contribution in [2.75, 3.05) is 20.4 Å². The number of methoxy groups -OCH3 is 2. The van der Waals surface area contributed by atoms with E-state index < -0.39 is 0 Å². The van der Waals surface area contributed by atoms with Gasteiger partial charge in [0, 0.05) is 12.1 Å². The lowest BCUT2D eigenvalue weighted by molar-refractivity contribution is 0.0834. The van der Waals surface area contributed by atoms with Crippen molar-refractivity contribution in [1.29, 1.82) is 0 Å². The Morgan fingerprint density at radius 1 is 1.17 bits per heavy atom. The molecular formula is C18H25O4P. The van der Waals surface area contributed by atoms with E-state index in [-0.39, 0.29) is 20.2 Å². The predicted octanol–water partition coefficient (Wildman–Crippen LogP) is 4.76. The standard InChI is InChI=1S/C18H25O4P/c1-21-15-9-6-10-16(22-2)17(15)18(19)14(11-12-23-20)13-7-4-3-5-8-13/h6,9-10,13-14H,3-5,7-8,11-12H2,1-2H3. The largest absolute Gasteiger partial charge is 0.496 e. The van der Waals surface area contributed by atoms with E-state index in [0.717, 1.165) is 12.8 Å². The Bertz CT molecular complexity index is 516. The summed E-state index contributed by atoms with van der Waals surface area (Å²) in [5.74, 6) is 1.43. The summed E-state index contributed by atoms with van der Waals surface area (Å²) in [4.78, 5) is 13.2. The van der Waals surface area contributed by atoms with Gasteiger partial charge >= 0.3 is 0 Å². The molecule has 5 heteroatoms. The summed E-state index contributed by atoms with van der Waals surface area (Å²) in [6, 6.07) is 5.40. The number of carbonyl (C=O) groups is 1. The zero-order valence-electron chi connectivity index (χ0n) is 13.9. The minimum atomic E-state index is -0.109. The van der Waals surface area contributed by atoms with Crippen LogP contribution in [0.3, 0.4) is 0 Å². The first-order chi connectivity index (χ1) is 11.2. The van der Waals surface area contributed by atoms with Gasteiger partial charge < -0.3 is 9.47 Å². The maximum Gasteiger partial charge on any atom is 0.173 e. The van der Waals surface area contributed by atoms with Crippen LogP contribution in [0.1, 0.15) is 48.9 Å². The van der Waals surface area contributed by atoms with Crippen molar-refractivity contribution in [3.63, 3.8) is 0 Å². The van der Waals surface area contributed by atoms with Crippen LogP contribution in [-0.2, 0) is 4.57 Å². The molecule has 4 nitrogen and oxygen atoms in total. The molecule has 23 heavy (non-hydrogen) atoms. The number of Topliss-reactive ketones (excluding diaryl/α,β-unsaturated/α-hetero) is 1. The minimum Gasteiger partial charge on any atom is -0.496 e. The van der Waals surface area contributed by atoms with Crippen LogP contribution >= 0.6 is 8.46 Å². The number of benzene rings is 1. The second-order valence-corrected chi connectivity index (χ2v) is 6.75. The van der Waals surface area contributed by atoms with Crippen molar-refractivity contribution in [1.82, 2.24) is 0 Å². The van der Waals surface area contributed by atoms with Crippen LogP contribution in [0.2, 0.25) is 0 Å². The van der Waals surface area contributed by atoms with E-state index in [2.05, 4.69) is 0 Å². The maximum atomic E-state index is 13.2. The fourth-order valence-corrected chi connectivity index (χ4v) is 3.97. The van der Waals surface area contributed by atoms with Crippen LogP contribution in [-0.4, -0.2) is 26.2 Å². The van der Waals surface area contributed by atoms with Crippen LogP contribution < -0.4 is 9.47 Å². The molecular weight excluding hydrogens is 311 g/mol. The molecule has 0 N–H and O–H groups in total. The van der Waals surface area contributed by atoms with Crippen LogP contribution in [0, 0.1) is 11.8 Å². The summed E-state index contributed by atoms with van der Waals surface area (Å²) in [6.45, 7) is 0. The summed E-state index contributed by atoms with van der Waals surface area (Å²) >= 11 is 0. The van der Waals surface area contributed by atoms with Crippen molar-refractivity contribution in [2.45, 2.75) is 38.5 Å². The molecule has 0 radical (unpaired) electrons. The normalized spacial score (nSPS) is 17.0. The highest BCUT2D eigenvalue weighted by Gasteiger charge is 2.33. The molecule has 1 aliphatic rings. The van der Waals surface area contributed by atoms with Crippen LogP contribution in [0.5, 0.6) is 11.5 Å². The Labute approximate surface area is 139 Å². The Kier molecular flexibility index (Phi) is 7.04. The summed E-state index contributed by atoms with van der Waals surface area (Å²) in [5, 5.41) is 0. The van der Waals surface area contributed by atoms with Gasteiger partial charge in [-0.3, -0.25) is 9.36 Å². The molecule has 1 saturated carbocycles. The number of carbonyl (C=O) groups excluding carboxylic acids is 1. The molecule has 0 aromatic heterocycles. The van der Waals surface area contributed by atoms with E-state index in [1.54, 1.807) is 26.4 Å². The Balaban J connectivity index is 2.34. The average molecular weight is 336 g/mol. The SMILES string of the molecule is COc1cccc(OC)c1C(=O)C(CCP=O)C1CCCCC1. The second-order valence-electron chi connectivity index (χ2n) is 6.05. The summed E-state index contributed by atoms with van der Waals surface area (Å²) < 4.78 is 21.7. The second kappa shape index (κ2) is 9.02. The van der Waals surface area contributed by atoms with Gasteiger partial charge in [-0.05, 0) is 37.3 Å². The Morgan fingerprint density at radius 3 is 2.30 bits per heavy atom. The van der Waals surface area contributed by atoms with E-state index in [1.807, 2.05) is 6.07 Å². The number of hydrogen-bond acceptors (Lipinski definition) is 4. The molecule has 0 saturated heterocycles. The van der Waals surface area contributed by atoms with Gasteiger partial charge in [-0.2, -0.15) is 0 Å². The number of rotatable bonds is 8. The Morgan fingerprint density at radius 2 is 1.78 bits per heavy atom. The third kappa shape index (κ3) is 4.32. The van der Waals surface area contributed by atoms with Gasteiger partial charge in [-0.25, -0.2) is 0 Å². The monoisotopic (exact) mass is 336 g/mol. The van der Waals surface area contributed by atoms with Gasteiger partial charge in [0.2, 0.25) is 0 Å². The van der Waals surface area contributed by atoms with Crippen molar-refractivity contribution >= 4 is 14.2 Å². The topological polar surface area (TPSA) is 52.6 Å². The lowest BCUT2D eigenvalue weighted by Gasteiger charge is -2.29. The zero-order chi connectivity index (χ0) is 16.7. The highest BCUT2D eigenvalue weighted by molar-refractivity contribution is 7.23. The molecule has 0 heterocycles. The molecule has 2 rings (SSSR count). The lowest BCUT2D eigenvalue weighted by Crippen LogP contribution is -2.27. The highest BCUT2D eigenvalue weighted by Crippen LogP contribution is 2.38. The summed E-state index contributed by atoms with van der Waals surface area (Å²) in [5.41, 5.74) is 0.524. The molecule has 0 spiro atoms. The third-order valence-electron chi connectivity index (χ3n) is 4.76. The minimum absolute atomic E-state index is 0.0647. The average Bonchev–Trinajstić information content (AvgIpc) is 2.61. The van der Waals surface area contributed by atoms with Crippen molar-refractivity contribution in [3.05, 3.63) is 23.8 Å². The van der Waals surface area contributed by atoms with Gasteiger partial charge in [0.25, 0.3) is 0 Å². The van der Waals surface area contributed by atoms with E-state index in [4.69, 9.17) is 9.47 Å². The van der Waals surface area contributed by atoms with Crippen LogP contribution in [0.25, 0.3) is 0 Å². The van der Waals surface area contributed by atoms with E-state index in [0.29, 0.717) is 35.6 Å². The van der Waals surface area contributed by atoms with Gasteiger partial charge in [0.15, 0.2) is 14.2 Å². The first-order valence-corrected chi connectivity index (χ1v) is 9.27. The third-order valence-corrected chi connectivity index (χ3v) is 5.20. The molecule has 126 valence electrons. The molecule has 0 amide bonds. The maximum absolute atomic E-state index is 13.2. The molecule has 1 aromatic rings. The summed E-state index contributed by atoms with van der Waals surface area (Å²) in [6.07, 6.45) is 6.90. The van der Waals surface area contributed by atoms with Crippen LogP contribution in [0.15, 0.2) is 18.2 Å². The number of hydrogen-bond donors (Lipinski definition) is 0. The molecule has 1 aromatic carbocycles. The fraction of sp³-hybridized carbons (Fsp3) is 0.611. The molecule has 0 bridgehead atoms. The Hall–Kier alpha value is -1.41.